The molecule has 4 aliphatic rings. The highest BCUT2D eigenvalue weighted by Crippen LogP contribution is 2.44. The zero-order valence-electron chi connectivity index (χ0n) is 19.5. The van der Waals surface area contributed by atoms with Crippen molar-refractivity contribution in [3.63, 3.8) is 0 Å². The molecular weight excluding hydrogens is 475 g/mol. The van der Waals surface area contributed by atoms with Crippen LogP contribution in [0.3, 0.4) is 0 Å². The Bertz CT molecular complexity index is 1340. The molecule has 0 spiro atoms. The standard InChI is InChI=1S/C24H29FN4O5S/c1-14-10-17(4-5-18(14)25)11-26-21(31)19-20(30)22(32)29-12-15-6-8-24(9-7-15,23(29)27-19)28-35(33,34)13-16-2-3-16/h4-5,10,15-16,28,30H,2-3,6-9,11-13H2,1H3,(H,26,31). The molecule has 6 rings (SSSR count). The molecule has 0 radical (unpaired) electrons. The largest absolute Gasteiger partial charge is 0.501 e. The van der Waals surface area contributed by atoms with E-state index < -0.39 is 38.5 Å². The molecule has 0 atom stereocenters. The van der Waals surface area contributed by atoms with Gasteiger partial charge in [0.1, 0.15) is 11.6 Å². The summed E-state index contributed by atoms with van der Waals surface area (Å²) in [7, 11) is -3.63. The predicted octanol–water partition coefficient (Wildman–Crippen LogP) is 2.05. The number of hydrogen-bond donors (Lipinski definition) is 3. The summed E-state index contributed by atoms with van der Waals surface area (Å²) in [5.74, 6) is -1.36. The van der Waals surface area contributed by atoms with Gasteiger partial charge in [-0.25, -0.2) is 22.5 Å². The van der Waals surface area contributed by atoms with Gasteiger partial charge >= 0.3 is 0 Å². The first kappa shape index (κ1) is 23.9. The van der Waals surface area contributed by atoms with Gasteiger partial charge in [-0.05, 0) is 74.5 Å². The van der Waals surface area contributed by atoms with Crippen molar-refractivity contribution < 1.29 is 22.7 Å². The van der Waals surface area contributed by atoms with Gasteiger partial charge in [0.15, 0.2) is 5.69 Å². The average Bonchev–Trinajstić information content (AvgIpc) is 3.64. The maximum absolute atomic E-state index is 13.5. The number of aromatic nitrogens is 2. The van der Waals surface area contributed by atoms with Gasteiger partial charge in [0.05, 0.1) is 11.3 Å². The zero-order valence-corrected chi connectivity index (χ0v) is 20.3. The third-order valence-corrected chi connectivity index (χ3v) is 8.98. The molecule has 0 saturated heterocycles. The van der Waals surface area contributed by atoms with E-state index in [2.05, 4.69) is 15.0 Å². The Labute approximate surface area is 202 Å². The lowest BCUT2D eigenvalue weighted by molar-refractivity contribution is 0.0941. The molecular formula is C24H29FN4O5S. The summed E-state index contributed by atoms with van der Waals surface area (Å²) in [6, 6.07) is 4.43. The van der Waals surface area contributed by atoms with Crippen molar-refractivity contribution in [2.45, 2.75) is 64.1 Å². The minimum absolute atomic E-state index is 0.0327. The van der Waals surface area contributed by atoms with E-state index in [0.717, 1.165) is 12.8 Å². The van der Waals surface area contributed by atoms with E-state index in [1.807, 2.05) is 0 Å². The third-order valence-electron chi connectivity index (χ3n) is 7.37. The molecule has 3 N–H and O–H groups in total. The highest BCUT2D eigenvalue weighted by Gasteiger charge is 2.47. The van der Waals surface area contributed by atoms with Crippen molar-refractivity contribution in [2.75, 3.05) is 5.75 Å². The number of nitrogens with one attached hydrogen (secondary N) is 2. The van der Waals surface area contributed by atoms with Crippen LogP contribution in [0.2, 0.25) is 0 Å². The van der Waals surface area contributed by atoms with Gasteiger partial charge in [0, 0.05) is 13.1 Å². The first-order valence-corrected chi connectivity index (χ1v) is 13.6. The number of amides is 1. The maximum atomic E-state index is 13.5. The Kier molecular flexibility index (Phi) is 5.95. The summed E-state index contributed by atoms with van der Waals surface area (Å²) in [6.07, 6.45) is 4.12. The van der Waals surface area contributed by atoms with Crippen LogP contribution in [-0.4, -0.2) is 34.7 Å². The third kappa shape index (κ3) is 4.71. The highest BCUT2D eigenvalue weighted by molar-refractivity contribution is 7.89. The van der Waals surface area contributed by atoms with Crippen LogP contribution in [0.5, 0.6) is 5.75 Å². The Morgan fingerprint density at radius 2 is 1.97 bits per heavy atom. The van der Waals surface area contributed by atoms with E-state index in [4.69, 9.17) is 0 Å². The number of rotatable bonds is 7. The summed E-state index contributed by atoms with van der Waals surface area (Å²) in [4.78, 5) is 30.5. The van der Waals surface area contributed by atoms with Gasteiger partial charge in [-0.15, -0.1) is 0 Å². The lowest BCUT2D eigenvalue weighted by Gasteiger charge is -2.36. The summed E-state index contributed by atoms with van der Waals surface area (Å²) in [5, 5.41) is 13.2. The topological polar surface area (TPSA) is 130 Å². The molecule has 0 unspecified atom stereocenters. The highest BCUT2D eigenvalue weighted by atomic mass is 32.2. The number of sulfonamides is 1. The minimum Gasteiger partial charge on any atom is -0.501 e. The Balaban J connectivity index is 1.49. The second kappa shape index (κ2) is 8.70. The lowest BCUT2D eigenvalue weighted by Crippen LogP contribution is -2.50. The van der Waals surface area contributed by atoms with E-state index in [1.165, 1.54) is 16.7 Å². The molecule has 2 fully saturated rings. The van der Waals surface area contributed by atoms with E-state index in [-0.39, 0.29) is 35.8 Å². The molecule has 188 valence electrons. The summed E-state index contributed by atoms with van der Waals surface area (Å²) < 4.78 is 43.6. The number of fused-ring (bicyclic) bond motifs is 2. The molecule has 1 aromatic carbocycles. The Morgan fingerprint density at radius 3 is 2.63 bits per heavy atom. The fraction of sp³-hybridized carbons (Fsp3) is 0.542. The summed E-state index contributed by atoms with van der Waals surface area (Å²) >= 11 is 0. The van der Waals surface area contributed by atoms with Gasteiger partial charge in [-0.1, -0.05) is 12.1 Å². The number of benzene rings is 1. The molecule has 2 aliphatic heterocycles. The van der Waals surface area contributed by atoms with E-state index in [9.17, 15) is 27.5 Å². The van der Waals surface area contributed by atoms with Gasteiger partial charge in [-0.3, -0.25) is 14.2 Å². The van der Waals surface area contributed by atoms with Crippen molar-refractivity contribution in [3.05, 3.63) is 57.0 Å². The fourth-order valence-electron chi connectivity index (χ4n) is 5.24. The van der Waals surface area contributed by atoms with Crippen LogP contribution in [0.25, 0.3) is 0 Å². The lowest BCUT2D eigenvalue weighted by atomic mass is 9.78. The van der Waals surface area contributed by atoms with Crippen LogP contribution >= 0.6 is 0 Å². The number of aromatic hydroxyl groups is 1. The summed E-state index contributed by atoms with van der Waals surface area (Å²) in [5.41, 5.74) is -1.22. The second-order valence-corrected chi connectivity index (χ2v) is 11.9. The Hall–Kier alpha value is -2.79. The van der Waals surface area contributed by atoms with Gasteiger partial charge < -0.3 is 10.4 Å². The molecule has 11 heteroatoms. The molecule has 2 aliphatic carbocycles. The van der Waals surface area contributed by atoms with Crippen LogP contribution in [0.15, 0.2) is 23.0 Å². The first-order valence-electron chi connectivity index (χ1n) is 12.0. The van der Waals surface area contributed by atoms with E-state index in [0.29, 0.717) is 43.4 Å². The van der Waals surface area contributed by atoms with Crippen LogP contribution in [0.4, 0.5) is 4.39 Å². The molecule has 2 bridgehead atoms. The first-order chi connectivity index (χ1) is 16.6. The van der Waals surface area contributed by atoms with Crippen molar-refractivity contribution in [2.24, 2.45) is 11.8 Å². The number of nitrogens with zero attached hydrogens (tertiary/aromatic N) is 2. The van der Waals surface area contributed by atoms with E-state index >= 15 is 0 Å². The predicted molar refractivity (Wildman–Crippen MR) is 126 cm³/mol. The van der Waals surface area contributed by atoms with E-state index in [1.54, 1.807) is 13.0 Å². The van der Waals surface area contributed by atoms with Gasteiger partial charge in [-0.2, -0.15) is 0 Å². The van der Waals surface area contributed by atoms with Crippen LogP contribution in [-0.2, 0) is 28.7 Å². The average molecular weight is 505 g/mol. The van der Waals surface area contributed by atoms with Crippen LogP contribution < -0.4 is 15.6 Å². The Morgan fingerprint density at radius 1 is 1.26 bits per heavy atom. The maximum Gasteiger partial charge on any atom is 0.296 e. The van der Waals surface area contributed by atoms with Crippen molar-refractivity contribution in [1.82, 2.24) is 19.6 Å². The van der Waals surface area contributed by atoms with Crippen LogP contribution in [0, 0.1) is 24.6 Å². The molecule has 2 aromatic rings. The monoisotopic (exact) mass is 504 g/mol. The molecule has 1 amide bonds. The van der Waals surface area contributed by atoms with Crippen molar-refractivity contribution in [1.29, 1.82) is 0 Å². The molecule has 1 aromatic heterocycles. The number of carbonyl (C=O) groups is 1. The van der Waals surface area contributed by atoms with Crippen molar-refractivity contribution >= 4 is 15.9 Å². The number of halogens is 1. The second-order valence-electron chi connectivity index (χ2n) is 10.2. The number of hydrogen-bond acceptors (Lipinski definition) is 6. The molecule has 2 saturated carbocycles. The molecule has 3 heterocycles. The smallest absolute Gasteiger partial charge is 0.296 e. The fourth-order valence-corrected chi connectivity index (χ4v) is 7.17. The quantitative estimate of drug-likeness (QED) is 0.529. The SMILES string of the molecule is Cc1cc(CNC(=O)c2nc3n(c(=O)c2O)CC2CCC3(NS(=O)(=O)CC3CC3)CC2)ccc1F. The number of carbonyl (C=O) groups excluding carboxylic acids is 1. The van der Waals surface area contributed by atoms with Gasteiger partial charge in [0.2, 0.25) is 15.8 Å². The normalized spacial score (nSPS) is 23.5. The number of aryl methyl sites for hydroxylation is 1. The van der Waals surface area contributed by atoms with Crippen LogP contribution in [0.1, 0.15) is 66.0 Å². The molecule has 35 heavy (non-hydrogen) atoms. The minimum atomic E-state index is -3.63. The van der Waals surface area contributed by atoms with Crippen molar-refractivity contribution in [3.8, 4) is 5.75 Å². The zero-order chi connectivity index (χ0) is 25.0. The van der Waals surface area contributed by atoms with Gasteiger partial charge in [0.25, 0.3) is 11.5 Å². The summed E-state index contributed by atoms with van der Waals surface area (Å²) in [6.45, 7) is 1.97. The molecule has 9 nitrogen and oxygen atoms in total.